The fourth-order valence-electron chi connectivity index (χ4n) is 1.87. The number of rotatable bonds is 4. The van der Waals surface area contributed by atoms with Crippen LogP contribution in [0.2, 0.25) is 0 Å². The predicted molar refractivity (Wildman–Crippen MR) is 90.0 cm³/mol. The van der Waals surface area contributed by atoms with Crippen LogP contribution in [-0.2, 0) is 4.79 Å². The van der Waals surface area contributed by atoms with Gasteiger partial charge in [-0.3, -0.25) is 4.79 Å². The van der Waals surface area contributed by atoms with Crippen molar-refractivity contribution in [1.29, 1.82) is 0 Å². The van der Waals surface area contributed by atoms with Gasteiger partial charge >= 0.3 is 0 Å². The molecule has 1 heterocycles. The Labute approximate surface area is 131 Å². The molecule has 3 nitrogen and oxygen atoms in total. The van der Waals surface area contributed by atoms with Crippen molar-refractivity contribution in [2.75, 3.05) is 5.32 Å². The van der Waals surface area contributed by atoms with Crippen LogP contribution in [0, 0.1) is 0 Å². The molecule has 0 saturated heterocycles. The maximum absolute atomic E-state index is 12.2. The molecule has 1 N–H and O–H groups in total. The van der Waals surface area contributed by atoms with Gasteiger partial charge in [-0.05, 0) is 31.2 Å². The summed E-state index contributed by atoms with van der Waals surface area (Å²) in [5.74, 6) is -0.00884. The number of fused-ring (bicyclic) bond motifs is 1. The highest BCUT2D eigenvalue weighted by molar-refractivity contribution is 8.02. The summed E-state index contributed by atoms with van der Waals surface area (Å²) < 4.78 is 2.07. The van der Waals surface area contributed by atoms with Crippen LogP contribution in [0.15, 0.2) is 58.9 Å². The monoisotopic (exact) mass is 314 g/mol. The Hall–Kier alpha value is -1.85. The van der Waals surface area contributed by atoms with E-state index in [-0.39, 0.29) is 11.2 Å². The van der Waals surface area contributed by atoms with E-state index in [0.717, 1.165) is 20.2 Å². The van der Waals surface area contributed by atoms with Crippen LogP contribution >= 0.6 is 23.1 Å². The molecule has 106 valence electrons. The normalized spacial score (nSPS) is 12.2. The third kappa shape index (κ3) is 3.43. The van der Waals surface area contributed by atoms with E-state index in [0.29, 0.717) is 0 Å². The minimum atomic E-state index is -0.189. The number of anilines is 1. The van der Waals surface area contributed by atoms with Crippen molar-refractivity contribution in [2.45, 2.75) is 16.5 Å². The van der Waals surface area contributed by atoms with E-state index in [9.17, 15) is 4.79 Å². The van der Waals surface area contributed by atoms with E-state index < -0.39 is 0 Å². The average molecular weight is 314 g/mol. The molecule has 0 aliphatic carbocycles. The second-order valence-corrected chi connectivity index (χ2v) is 7.18. The first kappa shape index (κ1) is 14.1. The smallest absolute Gasteiger partial charge is 0.237 e. The first-order valence-corrected chi connectivity index (χ1v) is 8.30. The van der Waals surface area contributed by atoms with Gasteiger partial charge in [0.05, 0.1) is 15.5 Å². The summed E-state index contributed by atoms with van der Waals surface area (Å²) in [6, 6.07) is 17.5. The fraction of sp³-hybridized carbons (Fsp3) is 0.125. The van der Waals surface area contributed by atoms with Gasteiger partial charge in [-0.15, -0.1) is 11.3 Å². The summed E-state index contributed by atoms with van der Waals surface area (Å²) in [6.07, 6.45) is 0. The summed E-state index contributed by atoms with van der Waals surface area (Å²) in [5, 5.41) is 2.72. The van der Waals surface area contributed by atoms with E-state index in [1.54, 1.807) is 11.3 Å². The van der Waals surface area contributed by atoms with Gasteiger partial charge in [0, 0.05) is 5.69 Å². The number of aromatic nitrogens is 1. The number of nitrogens with one attached hydrogen (secondary N) is 1. The number of hydrogen-bond acceptors (Lipinski definition) is 4. The van der Waals surface area contributed by atoms with E-state index in [1.165, 1.54) is 11.8 Å². The lowest BCUT2D eigenvalue weighted by Gasteiger charge is -2.10. The molecule has 0 bridgehead atoms. The summed E-state index contributed by atoms with van der Waals surface area (Å²) >= 11 is 3.11. The predicted octanol–water partition coefficient (Wildman–Crippen LogP) is 4.42. The Kier molecular flexibility index (Phi) is 4.22. The van der Waals surface area contributed by atoms with Gasteiger partial charge in [0.15, 0.2) is 4.34 Å². The van der Waals surface area contributed by atoms with Crippen LogP contribution in [0.1, 0.15) is 6.92 Å². The molecule has 0 aliphatic heterocycles. The number of amides is 1. The summed E-state index contributed by atoms with van der Waals surface area (Å²) in [4.78, 5) is 16.7. The van der Waals surface area contributed by atoms with E-state index in [1.807, 2.05) is 61.5 Å². The average Bonchev–Trinajstić information content (AvgIpc) is 2.90. The van der Waals surface area contributed by atoms with Gasteiger partial charge in [-0.2, -0.15) is 0 Å². The molecule has 0 fully saturated rings. The summed E-state index contributed by atoms with van der Waals surface area (Å²) in [7, 11) is 0. The van der Waals surface area contributed by atoms with Gasteiger partial charge in [0.1, 0.15) is 0 Å². The SMILES string of the molecule is CC(Sc1nc2ccccc2s1)C(=O)Nc1ccccc1. The first-order chi connectivity index (χ1) is 10.2. The Bertz CT molecular complexity index is 722. The quantitative estimate of drug-likeness (QED) is 0.725. The number of thioether (sulfide) groups is 1. The Morgan fingerprint density at radius 1 is 1.14 bits per heavy atom. The zero-order valence-corrected chi connectivity index (χ0v) is 13.1. The van der Waals surface area contributed by atoms with Crippen LogP contribution in [-0.4, -0.2) is 16.1 Å². The Morgan fingerprint density at radius 2 is 1.86 bits per heavy atom. The van der Waals surface area contributed by atoms with Crippen LogP contribution < -0.4 is 5.32 Å². The second kappa shape index (κ2) is 6.28. The minimum absolute atomic E-state index is 0.00884. The van der Waals surface area contributed by atoms with Gasteiger partial charge < -0.3 is 5.32 Å². The number of thiazole rings is 1. The number of carbonyl (C=O) groups is 1. The van der Waals surface area contributed by atoms with E-state index >= 15 is 0 Å². The van der Waals surface area contributed by atoms with Crippen molar-refractivity contribution >= 4 is 44.9 Å². The van der Waals surface area contributed by atoms with Crippen molar-refractivity contribution in [3.05, 3.63) is 54.6 Å². The summed E-state index contributed by atoms with van der Waals surface area (Å²) in [6.45, 7) is 1.90. The highest BCUT2D eigenvalue weighted by Gasteiger charge is 2.16. The molecular formula is C16H14N2OS2. The summed E-state index contributed by atoms with van der Waals surface area (Å²) in [5.41, 5.74) is 1.81. The lowest BCUT2D eigenvalue weighted by Crippen LogP contribution is -2.22. The highest BCUT2D eigenvalue weighted by Crippen LogP contribution is 2.32. The minimum Gasteiger partial charge on any atom is -0.325 e. The lowest BCUT2D eigenvalue weighted by molar-refractivity contribution is -0.115. The second-order valence-electron chi connectivity index (χ2n) is 4.56. The maximum Gasteiger partial charge on any atom is 0.237 e. The molecule has 0 radical (unpaired) electrons. The first-order valence-electron chi connectivity index (χ1n) is 6.60. The molecule has 5 heteroatoms. The molecule has 3 rings (SSSR count). The van der Waals surface area contributed by atoms with Crippen LogP contribution in [0.3, 0.4) is 0 Å². The lowest BCUT2D eigenvalue weighted by atomic mass is 10.3. The topological polar surface area (TPSA) is 42.0 Å². The zero-order chi connectivity index (χ0) is 14.7. The van der Waals surface area contributed by atoms with Crippen LogP contribution in [0.25, 0.3) is 10.2 Å². The van der Waals surface area contributed by atoms with Crippen molar-refractivity contribution in [2.24, 2.45) is 0 Å². The number of carbonyl (C=O) groups excluding carboxylic acids is 1. The van der Waals surface area contributed by atoms with E-state index in [2.05, 4.69) is 10.3 Å². The van der Waals surface area contributed by atoms with Crippen molar-refractivity contribution in [1.82, 2.24) is 4.98 Å². The van der Waals surface area contributed by atoms with Gasteiger partial charge in [0.2, 0.25) is 5.91 Å². The standard InChI is InChI=1S/C16H14N2OS2/c1-11(15(19)17-12-7-3-2-4-8-12)20-16-18-13-9-5-6-10-14(13)21-16/h2-11H,1H3,(H,17,19). The third-order valence-corrected chi connectivity index (χ3v) is 5.19. The maximum atomic E-state index is 12.2. The molecule has 0 aliphatic rings. The van der Waals surface area contributed by atoms with Crippen molar-refractivity contribution in [3.8, 4) is 0 Å². The molecule has 1 amide bonds. The molecule has 0 spiro atoms. The van der Waals surface area contributed by atoms with Crippen molar-refractivity contribution < 1.29 is 4.79 Å². The Morgan fingerprint density at radius 3 is 2.62 bits per heavy atom. The van der Waals surface area contributed by atoms with E-state index in [4.69, 9.17) is 0 Å². The van der Waals surface area contributed by atoms with Gasteiger partial charge in [-0.25, -0.2) is 4.98 Å². The molecule has 1 atom stereocenters. The molecule has 1 aromatic heterocycles. The third-order valence-electron chi connectivity index (χ3n) is 2.96. The number of nitrogens with zero attached hydrogens (tertiary/aromatic N) is 1. The zero-order valence-electron chi connectivity index (χ0n) is 11.4. The van der Waals surface area contributed by atoms with Crippen LogP contribution in [0.5, 0.6) is 0 Å². The highest BCUT2D eigenvalue weighted by atomic mass is 32.2. The van der Waals surface area contributed by atoms with Gasteiger partial charge in [0.25, 0.3) is 0 Å². The molecular weight excluding hydrogens is 300 g/mol. The van der Waals surface area contributed by atoms with Crippen molar-refractivity contribution in [3.63, 3.8) is 0 Å². The Balaban J connectivity index is 1.67. The molecule has 3 aromatic rings. The molecule has 1 unspecified atom stereocenters. The fourth-order valence-corrected chi connectivity index (χ4v) is 4.08. The number of para-hydroxylation sites is 2. The molecule has 0 saturated carbocycles. The van der Waals surface area contributed by atoms with Crippen LogP contribution in [0.4, 0.5) is 5.69 Å². The number of hydrogen-bond donors (Lipinski definition) is 1. The molecule has 2 aromatic carbocycles. The van der Waals surface area contributed by atoms with Gasteiger partial charge in [-0.1, -0.05) is 42.1 Å². The number of benzene rings is 2. The molecule has 21 heavy (non-hydrogen) atoms. The largest absolute Gasteiger partial charge is 0.325 e.